The van der Waals surface area contributed by atoms with Crippen LogP contribution in [0.25, 0.3) is 21.1 Å². The smallest absolute Gasteiger partial charge is 0.320 e. The average Bonchev–Trinajstić information content (AvgIpc) is 3.40. The number of aliphatic carboxylic acids is 1. The molecule has 0 amide bonds. The lowest BCUT2D eigenvalue weighted by atomic mass is 10.0. The van der Waals surface area contributed by atoms with Gasteiger partial charge in [0.15, 0.2) is 5.75 Å². The maximum absolute atomic E-state index is 12.1. The Morgan fingerprint density at radius 3 is 2.76 bits per heavy atom. The molecule has 0 saturated heterocycles. The van der Waals surface area contributed by atoms with E-state index in [0.29, 0.717) is 34.2 Å². The molecule has 0 radical (unpaired) electrons. The van der Waals surface area contributed by atoms with E-state index in [1.165, 1.54) is 11.3 Å². The van der Waals surface area contributed by atoms with Crippen LogP contribution in [-0.4, -0.2) is 41.5 Å². The third-order valence-electron chi connectivity index (χ3n) is 5.27. The number of sulfonamides is 1. The lowest BCUT2D eigenvalue weighted by Crippen LogP contribution is -2.32. The molecule has 0 saturated carbocycles. The third kappa shape index (κ3) is 5.09. The van der Waals surface area contributed by atoms with Crippen LogP contribution in [0.5, 0.6) is 5.75 Å². The van der Waals surface area contributed by atoms with Crippen molar-refractivity contribution >= 4 is 27.3 Å². The molecule has 11 heteroatoms. The Labute approximate surface area is 201 Å². The van der Waals surface area contributed by atoms with E-state index in [4.69, 9.17) is 9.84 Å². The van der Waals surface area contributed by atoms with Crippen molar-refractivity contribution < 1.29 is 23.1 Å². The first kappa shape index (κ1) is 23.8. The topological polar surface area (TPSA) is 142 Å². The first-order valence-corrected chi connectivity index (χ1v) is 13.0. The largest absolute Gasteiger partial charge is 0.490 e. The van der Waals surface area contributed by atoms with Crippen LogP contribution in [0.15, 0.2) is 36.4 Å². The van der Waals surface area contributed by atoms with E-state index in [1.807, 2.05) is 38.1 Å². The maximum atomic E-state index is 12.1. The molecule has 3 aromatic rings. The van der Waals surface area contributed by atoms with E-state index in [1.54, 1.807) is 12.1 Å². The number of nitrogens with one attached hydrogen (secondary N) is 1. The molecule has 2 N–H and O–H groups in total. The van der Waals surface area contributed by atoms with Gasteiger partial charge < -0.3 is 9.84 Å². The van der Waals surface area contributed by atoms with Crippen LogP contribution in [0.2, 0.25) is 0 Å². The van der Waals surface area contributed by atoms with Gasteiger partial charge in [-0.25, -0.2) is 13.1 Å². The Hall–Kier alpha value is -3.33. The minimum absolute atomic E-state index is 0.0521. The Morgan fingerprint density at radius 1 is 1.29 bits per heavy atom. The molecule has 1 unspecified atom stereocenters. The monoisotopic (exact) mass is 498 g/mol. The number of nitriles is 1. The molecule has 1 aromatic heterocycles. The first-order chi connectivity index (χ1) is 16.2. The summed E-state index contributed by atoms with van der Waals surface area (Å²) < 4.78 is 32.4. The molecule has 1 aliphatic carbocycles. The van der Waals surface area contributed by atoms with E-state index >= 15 is 0 Å². The van der Waals surface area contributed by atoms with Crippen molar-refractivity contribution in [1.29, 1.82) is 5.26 Å². The van der Waals surface area contributed by atoms with Gasteiger partial charge in [0.2, 0.25) is 10.0 Å². The Kier molecular flexibility index (Phi) is 6.65. The van der Waals surface area contributed by atoms with Gasteiger partial charge in [0.1, 0.15) is 21.8 Å². The first-order valence-electron chi connectivity index (χ1n) is 10.6. The zero-order valence-corrected chi connectivity index (χ0v) is 20.1. The lowest BCUT2D eigenvalue weighted by Gasteiger charge is -2.14. The normalized spacial score (nSPS) is 15.2. The summed E-state index contributed by atoms with van der Waals surface area (Å²) in [5.41, 5.74) is 3.81. The maximum Gasteiger partial charge on any atom is 0.320 e. The number of rotatable bonds is 8. The summed E-state index contributed by atoms with van der Waals surface area (Å²) in [5.74, 6) is -1.85. The van der Waals surface area contributed by atoms with Crippen LogP contribution in [0, 0.1) is 11.3 Å². The Morgan fingerprint density at radius 2 is 2.06 bits per heavy atom. The van der Waals surface area contributed by atoms with Gasteiger partial charge in [-0.1, -0.05) is 29.5 Å². The number of carboxylic acids is 1. The molecular formula is C23H22N4O5S2. The molecule has 4 rings (SSSR count). The highest BCUT2D eigenvalue weighted by molar-refractivity contribution is 7.90. The van der Waals surface area contributed by atoms with Crippen LogP contribution in [-0.2, 0) is 21.2 Å². The second-order valence-corrected chi connectivity index (χ2v) is 10.9. The van der Waals surface area contributed by atoms with Gasteiger partial charge >= 0.3 is 5.97 Å². The second-order valence-electron chi connectivity index (χ2n) is 8.14. The summed E-state index contributed by atoms with van der Waals surface area (Å²) in [4.78, 5) is 10.8. The minimum atomic E-state index is -3.95. The molecule has 1 heterocycles. The third-order valence-corrected chi connectivity index (χ3v) is 7.55. The Bertz CT molecular complexity index is 1390. The van der Waals surface area contributed by atoms with Gasteiger partial charge in [-0.3, -0.25) is 4.79 Å². The number of benzene rings is 2. The van der Waals surface area contributed by atoms with Crippen molar-refractivity contribution in [1.82, 2.24) is 14.9 Å². The highest BCUT2D eigenvalue weighted by atomic mass is 32.2. The number of ether oxygens (including phenoxy) is 1. The quantitative estimate of drug-likeness (QED) is 0.480. The molecule has 176 valence electrons. The predicted octanol–water partition coefficient (Wildman–Crippen LogP) is 3.52. The SMILES string of the molecule is CC(C)Oc1ccc(-c2nnc(-c3cccc4c3CCC4NS(=O)(=O)CC(=O)O)s2)cc1C#N. The van der Waals surface area contributed by atoms with Crippen LogP contribution < -0.4 is 9.46 Å². The molecular weight excluding hydrogens is 476 g/mol. The van der Waals surface area contributed by atoms with Crippen LogP contribution in [0.4, 0.5) is 0 Å². The van der Waals surface area contributed by atoms with Crippen molar-refractivity contribution in [2.24, 2.45) is 0 Å². The molecule has 9 nitrogen and oxygen atoms in total. The summed E-state index contributed by atoms with van der Waals surface area (Å²) in [5, 5.41) is 28.3. The zero-order chi connectivity index (χ0) is 24.5. The van der Waals surface area contributed by atoms with Crippen LogP contribution in [0.3, 0.4) is 0 Å². The van der Waals surface area contributed by atoms with Crippen LogP contribution >= 0.6 is 11.3 Å². The molecule has 0 spiro atoms. The molecule has 0 bridgehead atoms. The lowest BCUT2D eigenvalue weighted by molar-refractivity contribution is -0.134. The number of hydrogen-bond donors (Lipinski definition) is 2. The number of carbonyl (C=O) groups is 1. The zero-order valence-electron chi connectivity index (χ0n) is 18.5. The van der Waals surface area contributed by atoms with E-state index in [0.717, 1.165) is 22.3 Å². The van der Waals surface area contributed by atoms with Gasteiger partial charge in [-0.15, -0.1) is 10.2 Å². The van der Waals surface area contributed by atoms with E-state index in [9.17, 15) is 18.5 Å². The van der Waals surface area contributed by atoms with E-state index in [-0.39, 0.29) is 6.10 Å². The van der Waals surface area contributed by atoms with Gasteiger partial charge in [-0.05, 0) is 56.0 Å². The number of nitrogens with zero attached hydrogens (tertiary/aromatic N) is 3. The van der Waals surface area contributed by atoms with Gasteiger partial charge in [0.05, 0.1) is 11.7 Å². The fraction of sp³-hybridized carbons (Fsp3) is 0.304. The standard InChI is InChI=1S/C23H22N4O5S2/c1-13(2)32-20-9-6-14(10-15(20)11-24)22-25-26-23(33-22)18-5-3-4-17-16(18)7-8-19(17)27-34(30,31)12-21(28)29/h3-6,9-10,13,19,27H,7-8,12H2,1-2H3,(H,28,29). The number of fused-ring (bicyclic) bond motifs is 1. The summed E-state index contributed by atoms with van der Waals surface area (Å²) in [6.07, 6.45) is 1.10. The fourth-order valence-electron chi connectivity index (χ4n) is 3.95. The summed E-state index contributed by atoms with van der Waals surface area (Å²) >= 11 is 1.38. The van der Waals surface area contributed by atoms with E-state index in [2.05, 4.69) is 21.0 Å². The number of hydrogen-bond acceptors (Lipinski definition) is 8. The van der Waals surface area contributed by atoms with Crippen molar-refractivity contribution in [3.8, 4) is 33.0 Å². The average molecular weight is 499 g/mol. The number of aromatic nitrogens is 2. The highest BCUT2D eigenvalue weighted by Crippen LogP contribution is 2.40. The molecule has 1 atom stereocenters. The molecule has 0 aliphatic heterocycles. The van der Waals surface area contributed by atoms with Gasteiger partial charge in [-0.2, -0.15) is 5.26 Å². The van der Waals surface area contributed by atoms with Crippen molar-refractivity contribution in [3.05, 3.63) is 53.1 Å². The van der Waals surface area contributed by atoms with Crippen molar-refractivity contribution in [2.45, 2.75) is 38.8 Å². The molecule has 0 fully saturated rings. The molecule has 2 aromatic carbocycles. The molecule has 34 heavy (non-hydrogen) atoms. The summed E-state index contributed by atoms with van der Waals surface area (Å²) in [6.45, 7) is 3.79. The minimum Gasteiger partial charge on any atom is -0.490 e. The fourth-order valence-corrected chi connectivity index (χ4v) is 5.93. The van der Waals surface area contributed by atoms with Gasteiger partial charge in [0, 0.05) is 17.2 Å². The summed E-state index contributed by atoms with van der Waals surface area (Å²) in [7, 11) is -3.95. The Balaban J connectivity index is 1.62. The number of carboxylic acid groups (broad SMARTS) is 1. The highest BCUT2D eigenvalue weighted by Gasteiger charge is 2.30. The summed E-state index contributed by atoms with van der Waals surface area (Å²) in [6, 6.07) is 12.6. The van der Waals surface area contributed by atoms with Crippen LogP contribution in [0.1, 0.15) is 43.0 Å². The van der Waals surface area contributed by atoms with Crippen molar-refractivity contribution in [2.75, 3.05) is 5.75 Å². The van der Waals surface area contributed by atoms with E-state index < -0.39 is 27.8 Å². The molecule has 1 aliphatic rings. The predicted molar refractivity (Wildman–Crippen MR) is 127 cm³/mol. The van der Waals surface area contributed by atoms with Crippen molar-refractivity contribution in [3.63, 3.8) is 0 Å². The second kappa shape index (κ2) is 9.50. The van der Waals surface area contributed by atoms with Gasteiger partial charge in [0.25, 0.3) is 0 Å².